The van der Waals surface area contributed by atoms with Crippen molar-refractivity contribution in [3.05, 3.63) is 70.3 Å². The molecule has 4 rings (SSSR count). The highest BCUT2D eigenvalue weighted by molar-refractivity contribution is 5.91. The molecule has 2 fully saturated rings. The van der Waals surface area contributed by atoms with Crippen molar-refractivity contribution in [2.75, 3.05) is 31.1 Å². The summed E-state index contributed by atoms with van der Waals surface area (Å²) < 4.78 is 0. The summed E-state index contributed by atoms with van der Waals surface area (Å²) in [6, 6.07) is 16.7. The number of anilines is 1. The third-order valence-electron chi connectivity index (χ3n) is 5.48. The number of nitrogens with zero attached hydrogens (tertiary/aromatic N) is 3. The lowest BCUT2D eigenvalue weighted by atomic mass is 9.94. The molecule has 1 saturated carbocycles. The molecule has 0 bridgehead atoms. The summed E-state index contributed by atoms with van der Waals surface area (Å²) >= 11 is 0. The molecular formula is C20H21N3O3. The van der Waals surface area contributed by atoms with Gasteiger partial charge >= 0.3 is 0 Å². The molecule has 1 heterocycles. The monoisotopic (exact) mass is 351 g/mol. The number of nitro groups is 1. The maximum Gasteiger partial charge on any atom is 0.269 e. The van der Waals surface area contributed by atoms with E-state index in [4.69, 9.17) is 0 Å². The van der Waals surface area contributed by atoms with E-state index in [9.17, 15) is 14.9 Å². The molecule has 0 atom stereocenters. The Hall–Kier alpha value is -2.89. The molecule has 1 aliphatic carbocycles. The van der Waals surface area contributed by atoms with Crippen LogP contribution in [-0.2, 0) is 10.2 Å². The number of amides is 1. The van der Waals surface area contributed by atoms with Gasteiger partial charge in [-0.15, -0.1) is 0 Å². The Balaban J connectivity index is 1.41. The van der Waals surface area contributed by atoms with Crippen LogP contribution >= 0.6 is 0 Å². The molecule has 1 amide bonds. The molecule has 6 nitrogen and oxygen atoms in total. The lowest BCUT2D eigenvalue weighted by Gasteiger charge is -2.37. The summed E-state index contributed by atoms with van der Waals surface area (Å²) in [4.78, 5) is 27.6. The zero-order valence-corrected chi connectivity index (χ0v) is 14.5. The summed E-state index contributed by atoms with van der Waals surface area (Å²) in [6.45, 7) is 2.86. The van der Waals surface area contributed by atoms with E-state index in [0.717, 1.165) is 37.2 Å². The lowest BCUT2D eigenvalue weighted by Crippen LogP contribution is -2.51. The first kappa shape index (κ1) is 16.6. The van der Waals surface area contributed by atoms with Gasteiger partial charge in [0, 0.05) is 44.0 Å². The quantitative estimate of drug-likeness (QED) is 0.627. The number of hydrogen-bond donors (Lipinski definition) is 0. The van der Waals surface area contributed by atoms with Gasteiger partial charge in [0.1, 0.15) is 0 Å². The molecule has 26 heavy (non-hydrogen) atoms. The average Bonchev–Trinajstić information content (AvgIpc) is 3.50. The minimum absolute atomic E-state index is 0.0982. The Bertz CT molecular complexity index is 808. The van der Waals surface area contributed by atoms with Crippen LogP contribution in [0.5, 0.6) is 0 Å². The third-order valence-corrected chi connectivity index (χ3v) is 5.48. The molecule has 0 spiro atoms. The first-order valence-electron chi connectivity index (χ1n) is 8.94. The van der Waals surface area contributed by atoms with E-state index in [2.05, 4.69) is 17.0 Å². The Morgan fingerprint density at radius 2 is 1.54 bits per heavy atom. The number of benzene rings is 2. The summed E-state index contributed by atoms with van der Waals surface area (Å²) in [7, 11) is 0. The number of nitro benzene ring substituents is 1. The van der Waals surface area contributed by atoms with Crippen molar-refractivity contribution >= 4 is 17.3 Å². The van der Waals surface area contributed by atoms with Crippen LogP contribution in [0, 0.1) is 10.1 Å². The average molecular weight is 351 g/mol. The fourth-order valence-corrected chi connectivity index (χ4v) is 3.76. The minimum Gasteiger partial charge on any atom is -0.368 e. The zero-order valence-electron chi connectivity index (χ0n) is 14.5. The predicted molar refractivity (Wildman–Crippen MR) is 99.2 cm³/mol. The second-order valence-electron chi connectivity index (χ2n) is 7.00. The number of non-ortho nitro benzene ring substituents is 1. The SMILES string of the molecule is O=C(N1CCN(c2ccc([N+](=O)[O-])cc2)CC1)C1(c2ccccc2)CC1. The molecule has 6 heteroatoms. The topological polar surface area (TPSA) is 66.7 Å². The van der Waals surface area contributed by atoms with Crippen LogP contribution in [0.3, 0.4) is 0 Å². The lowest BCUT2D eigenvalue weighted by molar-refractivity contribution is -0.384. The van der Waals surface area contributed by atoms with Crippen LogP contribution in [0.1, 0.15) is 18.4 Å². The summed E-state index contributed by atoms with van der Waals surface area (Å²) in [5.74, 6) is 0.243. The highest BCUT2D eigenvalue weighted by atomic mass is 16.6. The molecule has 0 aromatic heterocycles. The van der Waals surface area contributed by atoms with Gasteiger partial charge in [0.05, 0.1) is 10.3 Å². The number of rotatable bonds is 4. The standard InChI is InChI=1S/C20H21N3O3/c24-19(20(10-11-20)16-4-2-1-3-5-16)22-14-12-21(13-15-22)17-6-8-18(9-7-17)23(25)26/h1-9H,10-15H2. The fourth-order valence-electron chi connectivity index (χ4n) is 3.76. The highest BCUT2D eigenvalue weighted by Gasteiger charge is 2.53. The Morgan fingerprint density at radius 3 is 2.08 bits per heavy atom. The molecule has 0 N–H and O–H groups in total. The molecule has 2 aromatic rings. The largest absolute Gasteiger partial charge is 0.368 e. The van der Waals surface area contributed by atoms with Gasteiger partial charge < -0.3 is 9.80 Å². The van der Waals surface area contributed by atoms with Gasteiger partial charge in [-0.2, -0.15) is 0 Å². The van der Waals surface area contributed by atoms with Crippen molar-refractivity contribution in [2.45, 2.75) is 18.3 Å². The minimum atomic E-state index is -0.390. The van der Waals surface area contributed by atoms with Crippen molar-refractivity contribution in [3.8, 4) is 0 Å². The van der Waals surface area contributed by atoms with E-state index in [1.54, 1.807) is 12.1 Å². The van der Waals surface area contributed by atoms with E-state index in [1.165, 1.54) is 12.1 Å². The third kappa shape index (κ3) is 2.92. The Morgan fingerprint density at radius 1 is 0.923 bits per heavy atom. The van der Waals surface area contributed by atoms with Crippen molar-refractivity contribution in [3.63, 3.8) is 0 Å². The molecule has 1 saturated heterocycles. The van der Waals surface area contributed by atoms with E-state index in [1.807, 2.05) is 23.1 Å². The highest BCUT2D eigenvalue weighted by Crippen LogP contribution is 2.49. The second-order valence-corrected chi connectivity index (χ2v) is 7.00. The van der Waals surface area contributed by atoms with Crippen LogP contribution in [0.4, 0.5) is 11.4 Å². The normalized spacial score (nSPS) is 18.5. The van der Waals surface area contributed by atoms with Crippen LogP contribution in [0.15, 0.2) is 54.6 Å². The van der Waals surface area contributed by atoms with Crippen LogP contribution in [-0.4, -0.2) is 41.9 Å². The van der Waals surface area contributed by atoms with Gasteiger partial charge in [-0.3, -0.25) is 14.9 Å². The van der Waals surface area contributed by atoms with Crippen LogP contribution in [0.2, 0.25) is 0 Å². The van der Waals surface area contributed by atoms with Gasteiger partial charge in [0.2, 0.25) is 5.91 Å². The Kier molecular flexibility index (Phi) is 4.11. The smallest absolute Gasteiger partial charge is 0.269 e. The first-order chi connectivity index (χ1) is 12.6. The molecular weight excluding hydrogens is 330 g/mol. The zero-order chi connectivity index (χ0) is 18.1. The molecule has 134 valence electrons. The van der Waals surface area contributed by atoms with Gasteiger partial charge in [-0.1, -0.05) is 30.3 Å². The molecule has 0 unspecified atom stereocenters. The maximum atomic E-state index is 13.1. The van der Waals surface area contributed by atoms with Gasteiger partial charge in [-0.05, 0) is 30.5 Å². The number of carbonyl (C=O) groups excluding carboxylic acids is 1. The van der Waals surface area contributed by atoms with Gasteiger partial charge in [0.25, 0.3) is 5.69 Å². The maximum absolute atomic E-state index is 13.1. The first-order valence-corrected chi connectivity index (χ1v) is 8.94. The van der Waals surface area contributed by atoms with Gasteiger partial charge in [0.15, 0.2) is 0 Å². The molecule has 2 aliphatic rings. The van der Waals surface area contributed by atoms with Crippen molar-refractivity contribution in [1.29, 1.82) is 0 Å². The van der Waals surface area contributed by atoms with E-state index in [-0.39, 0.29) is 21.9 Å². The number of carbonyl (C=O) groups is 1. The Labute approximate surface area is 152 Å². The molecule has 2 aromatic carbocycles. The van der Waals surface area contributed by atoms with E-state index >= 15 is 0 Å². The fraction of sp³-hybridized carbons (Fsp3) is 0.350. The predicted octanol–water partition coefficient (Wildman–Crippen LogP) is 2.98. The van der Waals surface area contributed by atoms with E-state index < -0.39 is 0 Å². The number of piperazine rings is 1. The summed E-state index contributed by atoms with van der Waals surface area (Å²) in [5, 5.41) is 10.8. The van der Waals surface area contributed by atoms with Crippen LogP contribution < -0.4 is 4.90 Å². The number of hydrogen-bond acceptors (Lipinski definition) is 4. The van der Waals surface area contributed by atoms with Crippen LogP contribution in [0.25, 0.3) is 0 Å². The van der Waals surface area contributed by atoms with Crippen molar-refractivity contribution < 1.29 is 9.72 Å². The molecule has 0 radical (unpaired) electrons. The molecule has 1 aliphatic heterocycles. The summed E-state index contributed by atoms with van der Waals surface area (Å²) in [6.07, 6.45) is 1.86. The van der Waals surface area contributed by atoms with Crippen molar-refractivity contribution in [1.82, 2.24) is 4.90 Å². The summed E-state index contributed by atoms with van der Waals surface area (Å²) in [5.41, 5.74) is 1.88. The second kappa shape index (κ2) is 6.44. The van der Waals surface area contributed by atoms with E-state index in [0.29, 0.717) is 13.1 Å². The van der Waals surface area contributed by atoms with Crippen molar-refractivity contribution in [2.24, 2.45) is 0 Å². The van der Waals surface area contributed by atoms with Gasteiger partial charge in [-0.25, -0.2) is 0 Å².